The highest BCUT2D eigenvalue weighted by molar-refractivity contribution is 9.10. The molecule has 1 aromatic rings. The molecule has 1 unspecified atom stereocenters. The molecule has 0 saturated heterocycles. The highest BCUT2D eigenvalue weighted by Gasteiger charge is 2.17. The molecule has 0 fully saturated rings. The molecule has 1 heterocycles. The lowest BCUT2D eigenvalue weighted by molar-refractivity contribution is -0.141. The van der Waals surface area contributed by atoms with Gasteiger partial charge >= 0.3 is 12.0 Å². The molecule has 0 aliphatic heterocycles. The first-order chi connectivity index (χ1) is 8.93. The molecular weight excluding hydrogens is 332 g/mol. The van der Waals surface area contributed by atoms with Gasteiger partial charge < -0.3 is 15.3 Å². The molecule has 0 aliphatic rings. The molecule has 0 radical (unpaired) electrons. The molecule has 0 aromatic carbocycles. The molecule has 0 spiro atoms. The maximum Gasteiger partial charge on any atom is 0.317 e. The van der Waals surface area contributed by atoms with Gasteiger partial charge in [0.25, 0.3) is 0 Å². The number of carbonyl (C=O) groups excluding carboxylic acids is 1. The Morgan fingerprint density at radius 2 is 2.26 bits per heavy atom. The SMILES string of the molecule is CCC(CNC(=O)N(C)Cc1cc(Br)cs1)C(=O)O. The lowest BCUT2D eigenvalue weighted by atomic mass is 10.1. The lowest BCUT2D eigenvalue weighted by Crippen LogP contribution is -2.40. The van der Waals surface area contributed by atoms with Crippen molar-refractivity contribution < 1.29 is 14.7 Å². The van der Waals surface area contributed by atoms with E-state index in [0.717, 1.165) is 9.35 Å². The van der Waals surface area contributed by atoms with Crippen LogP contribution in [0.3, 0.4) is 0 Å². The van der Waals surface area contributed by atoms with Crippen LogP contribution in [0.4, 0.5) is 4.79 Å². The van der Waals surface area contributed by atoms with Gasteiger partial charge in [-0.3, -0.25) is 4.79 Å². The van der Waals surface area contributed by atoms with Crippen LogP contribution in [0.25, 0.3) is 0 Å². The maximum atomic E-state index is 11.8. The zero-order valence-electron chi connectivity index (χ0n) is 10.9. The number of aliphatic carboxylic acids is 1. The minimum absolute atomic E-state index is 0.156. The predicted molar refractivity (Wildman–Crippen MR) is 78.3 cm³/mol. The summed E-state index contributed by atoms with van der Waals surface area (Å²) in [4.78, 5) is 25.2. The Bertz CT molecular complexity index is 450. The van der Waals surface area contributed by atoms with Gasteiger partial charge in [0.15, 0.2) is 0 Å². The van der Waals surface area contributed by atoms with Gasteiger partial charge in [0.1, 0.15) is 0 Å². The average molecular weight is 349 g/mol. The summed E-state index contributed by atoms with van der Waals surface area (Å²) < 4.78 is 0.998. The molecule has 1 aromatic heterocycles. The molecule has 1 rings (SSSR count). The maximum absolute atomic E-state index is 11.8. The number of carboxylic acids is 1. The van der Waals surface area contributed by atoms with Crippen LogP contribution in [0.5, 0.6) is 0 Å². The van der Waals surface area contributed by atoms with Gasteiger partial charge in [-0.25, -0.2) is 4.79 Å². The van der Waals surface area contributed by atoms with Crippen LogP contribution in [0.2, 0.25) is 0 Å². The van der Waals surface area contributed by atoms with E-state index in [2.05, 4.69) is 21.2 Å². The van der Waals surface area contributed by atoms with Crippen molar-refractivity contribution in [3.05, 3.63) is 20.8 Å². The minimum atomic E-state index is -0.882. The average Bonchev–Trinajstić information content (AvgIpc) is 2.74. The third-order valence-corrected chi connectivity index (χ3v) is 4.39. The van der Waals surface area contributed by atoms with Crippen LogP contribution in [0.1, 0.15) is 18.2 Å². The smallest absolute Gasteiger partial charge is 0.317 e. The predicted octanol–water partition coefficient (Wildman–Crippen LogP) is 2.76. The number of halogens is 1. The summed E-state index contributed by atoms with van der Waals surface area (Å²) >= 11 is 4.93. The summed E-state index contributed by atoms with van der Waals surface area (Å²) in [6, 6.07) is 1.70. The third-order valence-electron chi connectivity index (χ3n) is 2.70. The molecule has 2 amide bonds. The van der Waals surface area contributed by atoms with E-state index in [1.807, 2.05) is 11.4 Å². The lowest BCUT2D eigenvalue weighted by Gasteiger charge is -2.18. The highest BCUT2D eigenvalue weighted by atomic mass is 79.9. The second-order valence-corrected chi connectivity index (χ2v) is 6.13. The van der Waals surface area contributed by atoms with Crippen LogP contribution >= 0.6 is 27.3 Å². The van der Waals surface area contributed by atoms with Crippen molar-refractivity contribution >= 4 is 39.3 Å². The number of nitrogens with zero attached hydrogens (tertiary/aromatic N) is 1. The Kier molecular flexibility index (Phi) is 6.30. The van der Waals surface area contributed by atoms with Crippen LogP contribution in [0.15, 0.2) is 15.9 Å². The zero-order chi connectivity index (χ0) is 14.4. The molecule has 5 nitrogen and oxygen atoms in total. The van der Waals surface area contributed by atoms with E-state index in [0.29, 0.717) is 13.0 Å². The van der Waals surface area contributed by atoms with Gasteiger partial charge in [0, 0.05) is 28.3 Å². The molecular formula is C12H17BrN2O3S. The topological polar surface area (TPSA) is 69.6 Å². The number of carboxylic acid groups (broad SMARTS) is 1. The summed E-state index contributed by atoms with van der Waals surface area (Å²) in [5, 5.41) is 13.5. The Labute approximate surface area is 124 Å². The van der Waals surface area contributed by atoms with E-state index < -0.39 is 11.9 Å². The van der Waals surface area contributed by atoms with E-state index in [1.54, 1.807) is 25.3 Å². The van der Waals surface area contributed by atoms with Gasteiger partial charge in [-0.15, -0.1) is 11.3 Å². The van der Waals surface area contributed by atoms with Crippen LogP contribution in [0, 0.1) is 5.92 Å². The Morgan fingerprint density at radius 1 is 1.58 bits per heavy atom. The standard InChI is InChI=1S/C12H17BrN2O3S/c1-3-8(11(16)17)5-14-12(18)15(2)6-10-4-9(13)7-19-10/h4,7-8H,3,5-6H2,1-2H3,(H,14,18)(H,16,17). The Morgan fingerprint density at radius 3 is 2.74 bits per heavy atom. The van der Waals surface area contributed by atoms with Crippen LogP contribution in [-0.4, -0.2) is 35.6 Å². The summed E-state index contributed by atoms with van der Waals surface area (Å²) in [7, 11) is 1.69. The third kappa shape index (κ3) is 5.20. The number of carbonyl (C=O) groups is 2. The minimum Gasteiger partial charge on any atom is -0.481 e. The van der Waals surface area contributed by atoms with Crippen molar-refractivity contribution in [1.82, 2.24) is 10.2 Å². The fourth-order valence-electron chi connectivity index (χ4n) is 1.49. The molecule has 0 bridgehead atoms. The number of rotatable bonds is 6. The number of nitrogens with one attached hydrogen (secondary N) is 1. The molecule has 7 heteroatoms. The van der Waals surface area contributed by atoms with Crippen LogP contribution in [-0.2, 0) is 11.3 Å². The van der Waals surface area contributed by atoms with Crippen LogP contribution < -0.4 is 5.32 Å². The zero-order valence-corrected chi connectivity index (χ0v) is 13.3. The van der Waals surface area contributed by atoms with Crippen molar-refractivity contribution in [2.24, 2.45) is 5.92 Å². The molecule has 1 atom stereocenters. The molecule has 2 N–H and O–H groups in total. The molecule has 19 heavy (non-hydrogen) atoms. The van der Waals surface area contributed by atoms with Crippen molar-refractivity contribution in [1.29, 1.82) is 0 Å². The quantitative estimate of drug-likeness (QED) is 0.830. The van der Waals surface area contributed by atoms with Gasteiger partial charge in [-0.1, -0.05) is 6.92 Å². The summed E-state index contributed by atoms with van der Waals surface area (Å²) in [6.45, 7) is 2.45. The first-order valence-corrected chi connectivity index (χ1v) is 7.56. The number of thiophene rings is 1. The van der Waals surface area contributed by atoms with E-state index >= 15 is 0 Å². The van der Waals surface area contributed by atoms with E-state index in [1.165, 1.54) is 4.90 Å². The summed E-state index contributed by atoms with van der Waals surface area (Å²) in [5.74, 6) is -1.42. The Hall–Kier alpha value is -1.08. The van der Waals surface area contributed by atoms with Crippen molar-refractivity contribution in [3.63, 3.8) is 0 Å². The monoisotopic (exact) mass is 348 g/mol. The van der Waals surface area contributed by atoms with E-state index in [4.69, 9.17) is 5.11 Å². The first kappa shape index (κ1) is 16.0. The fraction of sp³-hybridized carbons (Fsp3) is 0.500. The molecule has 106 valence electrons. The van der Waals surface area contributed by atoms with E-state index in [9.17, 15) is 9.59 Å². The number of hydrogen-bond donors (Lipinski definition) is 2. The first-order valence-electron chi connectivity index (χ1n) is 5.88. The summed E-state index contributed by atoms with van der Waals surface area (Å²) in [5.41, 5.74) is 0. The number of amides is 2. The normalized spacial score (nSPS) is 11.9. The second kappa shape index (κ2) is 7.49. The van der Waals surface area contributed by atoms with Gasteiger partial charge in [0.2, 0.25) is 0 Å². The Balaban J connectivity index is 2.42. The highest BCUT2D eigenvalue weighted by Crippen LogP contribution is 2.20. The van der Waals surface area contributed by atoms with Gasteiger partial charge in [0.05, 0.1) is 12.5 Å². The fourth-order valence-corrected chi connectivity index (χ4v) is 3.00. The van der Waals surface area contributed by atoms with Crippen molar-refractivity contribution in [3.8, 4) is 0 Å². The van der Waals surface area contributed by atoms with Crippen molar-refractivity contribution in [2.45, 2.75) is 19.9 Å². The number of hydrogen-bond acceptors (Lipinski definition) is 3. The second-order valence-electron chi connectivity index (χ2n) is 4.22. The van der Waals surface area contributed by atoms with Crippen molar-refractivity contribution in [2.75, 3.05) is 13.6 Å². The van der Waals surface area contributed by atoms with Gasteiger partial charge in [-0.2, -0.15) is 0 Å². The summed E-state index contributed by atoms with van der Waals surface area (Å²) in [6.07, 6.45) is 0.497. The number of urea groups is 1. The van der Waals surface area contributed by atoms with E-state index in [-0.39, 0.29) is 12.6 Å². The molecule has 0 saturated carbocycles. The molecule has 0 aliphatic carbocycles. The van der Waals surface area contributed by atoms with Gasteiger partial charge in [-0.05, 0) is 28.4 Å². The largest absolute Gasteiger partial charge is 0.481 e.